The van der Waals surface area contributed by atoms with E-state index in [1.165, 1.54) is 6.42 Å². The van der Waals surface area contributed by atoms with Crippen molar-refractivity contribution in [1.29, 1.82) is 0 Å². The maximum atomic E-state index is 12.3. The number of carbonyl (C=O) groups excluding carboxylic acids is 1. The van der Waals surface area contributed by atoms with Gasteiger partial charge in [0.2, 0.25) is 5.91 Å². The van der Waals surface area contributed by atoms with E-state index in [1.54, 1.807) is 16.2 Å². The normalized spacial score (nSPS) is 18.0. The molecular weight excluding hydrogens is 280 g/mol. The van der Waals surface area contributed by atoms with Gasteiger partial charge >= 0.3 is 5.69 Å². The minimum Gasteiger partial charge on any atom is -0.354 e. The van der Waals surface area contributed by atoms with E-state index in [0.29, 0.717) is 25.6 Å². The third kappa shape index (κ3) is 2.92. The van der Waals surface area contributed by atoms with Gasteiger partial charge in [-0.15, -0.1) is 0 Å². The number of aryl methyl sites for hydroxylation is 2. The number of hydrogen-bond acceptors (Lipinski definition) is 3. The molecule has 22 heavy (non-hydrogen) atoms. The van der Waals surface area contributed by atoms with E-state index < -0.39 is 0 Å². The standard InChI is InChI=1S/C16H22N4O2/c1-19-13-6-2-3-7-14(13)20(16(19)22)10-8-15(21)18-11-12-5-4-9-17-12/h2-3,6-7,12,17H,4-5,8-11H2,1H3,(H,18,21). The summed E-state index contributed by atoms with van der Waals surface area (Å²) in [5, 5.41) is 6.29. The van der Waals surface area contributed by atoms with Crippen molar-refractivity contribution in [3.63, 3.8) is 0 Å². The Hall–Kier alpha value is -2.08. The molecule has 3 rings (SSSR count). The predicted molar refractivity (Wildman–Crippen MR) is 85.8 cm³/mol. The molecule has 1 unspecified atom stereocenters. The Morgan fingerprint density at radius 3 is 2.86 bits per heavy atom. The third-order valence-electron chi connectivity index (χ3n) is 4.32. The molecule has 1 aliphatic rings. The molecule has 6 heteroatoms. The zero-order valence-electron chi connectivity index (χ0n) is 12.8. The smallest absolute Gasteiger partial charge is 0.328 e. The van der Waals surface area contributed by atoms with E-state index in [4.69, 9.17) is 0 Å². The summed E-state index contributed by atoms with van der Waals surface area (Å²) in [5.74, 6) is -0.00599. The number of nitrogens with one attached hydrogen (secondary N) is 2. The number of rotatable bonds is 5. The second kappa shape index (κ2) is 6.36. The average molecular weight is 302 g/mol. The lowest BCUT2D eigenvalue weighted by Gasteiger charge is -2.11. The van der Waals surface area contributed by atoms with Gasteiger partial charge in [-0.25, -0.2) is 4.79 Å². The van der Waals surface area contributed by atoms with Crippen LogP contribution in [0.5, 0.6) is 0 Å². The molecule has 2 heterocycles. The van der Waals surface area contributed by atoms with Gasteiger partial charge in [0.15, 0.2) is 0 Å². The molecule has 0 radical (unpaired) electrons. The molecule has 1 aromatic heterocycles. The topological polar surface area (TPSA) is 68.1 Å². The number of nitrogens with zero attached hydrogens (tertiary/aromatic N) is 2. The van der Waals surface area contributed by atoms with Crippen LogP contribution in [0.25, 0.3) is 11.0 Å². The fourth-order valence-electron chi connectivity index (χ4n) is 3.05. The molecular formula is C16H22N4O2. The average Bonchev–Trinajstić information content (AvgIpc) is 3.13. The van der Waals surface area contributed by atoms with E-state index in [0.717, 1.165) is 24.0 Å². The molecule has 2 aromatic rings. The molecule has 1 aliphatic heterocycles. The first-order valence-electron chi connectivity index (χ1n) is 7.81. The summed E-state index contributed by atoms with van der Waals surface area (Å²) in [4.78, 5) is 24.2. The summed E-state index contributed by atoms with van der Waals surface area (Å²) < 4.78 is 3.29. The summed E-state index contributed by atoms with van der Waals surface area (Å²) in [7, 11) is 1.76. The van der Waals surface area contributed by atoms with Crippen molar-refractivity contribution in [1.82, 2.24) is 19.8 Å². The largest absolute Gasteiger partial charge is 0.354 e. The molecule has 1 atom stereocenters. The zero-order valence-corrected chi connectivity index (χ0v) is 12.8. The number of hydrogen-bond donors (Lipinski definition) is 2. The molecule has 1 fully saturated rings. The summed E-state index contributed by atoms with van der Waals surface area (Å²) in [6.45, 7) is 2.11. The maximum absolute atomic E-state index is 12.3. The number of para-hydroxylation sites is 2. The predicted octanol–water partition coefficient (Wildman–Crippen LogP) is 0.598. The van der Waals surface area contributed by atoms with Gasteiger partial charge < -0.3 is 10.6 Å². The van der Waals surface area contributed by atoms with Crippen molar-refractivity contribution >= 4 is 16.9 Å². The second-order valence-corrected chi connectivity index (χ2v) is 5.83. The van der Waals surface area contributed by atoms with Crippen LogP contribution in [-0.4, -0.2) is 34.2 Å². The minimum atomic E-state index is -0.0774. The lowest BCUT2D eigenvalue weighted by atomic mass is 10.2. The Labute approximate surface area is 129 Å². The van der Waals surface area contributed by atoms with E-state index in [2.05, 4.69) is 10.6 Å². The molecule has 1 amide bonds. The number of benzene rings is 1. The molecule has 0 spiro atoms. The molecule has 6 nitrogen and oxygen atoms in total. The van der Waals surface area contributed by atoms with Gasteiger partial charge in [-0.05, 0) is 31.5 Å². The first-order valence-corrected chi connectivity index (χ1v) is 7.81. The quantitative estimate of drug-likeness (QED) is 0.850. The highest BCUT2D eigenvalue weighted by Gasteiger charge is 2.15. The van der Waals surface area contributed by atoms with Gasteiger partial charge in [-0.2, -0.15) is 0 Å². The highest BCUT2D eigenvalue weighted by molar-refractivity contribution is 5.77. The van der Waals surface area contributed by atoms with E-state index >= 15 is 0 Å². The Bertz CT molecular complexity index is 725. The first kappa shape index (κ1) is 14.8. The highest BCUT2D eigenvalue weighted by atomic mass is 16.2. The lowest BCUT2D eigenvalue weighted by molar-refractivity contribution is -0.121. The molecule has 0 bridgehead atoms. The fourth-order valence-corrected chi connectivity index (χ4v) is 3.05. The van der Waals surface area contributed by atoms with Crippen LogP contribution in [0.1, 0.15) is 19.3 Å². The van der Waals surface area contributed by atoms with Crippen LogP contribution in [0.15, 0.2) is 29.1 Å². The molecule has 2 N–H and O–H groups in total. The fraction of sp³-hybridized carbons (Fsp3) is 0.500. The van der Waals surface area contributed by atoms with E-state index in [-0.39, 0.29) is 11.6 Å². The minimum absolute atomic E-state index is 0.00599. The van der Waals surface area contributed by atoms with Crippen molar-refractivity contribution in [2.45, 2.75) is 31.8 Å². The molecule has 0 saturated carbocycles. The van der Waals surface area contributed by atoms with Crippen LogP contribution in [-0.2, 0) is 18.4 Å². The summed E-state index contributed by atoms with van der Waals surface area (Å²) >= 11 is 0. The number of aromatic nitrogens is 2. The van der Waals surface area contributed by atoms with Crippen LogP contribution in [0.3, 0.4) is 0 Å². The van der Waals surface area contributed by atoms with Crippen molar-refractivity contribution in [2.75, 3.05) is 13.1 Å². The molecule has 1 aromatic carbocycles. The van der Waals surface area contributed by atoms with Crippen LogP contribution < -0.4 is 16.3 Å². The summed E-state index contributed by atoms with van der Waals surface area (Å²) in [5.41, 5.74) is 1.69. The Balaban J connectivity index is 1.62. The van der Waals surface area contributed by atoms with Gasteiger partial charge in [0.25, 0.3) is 0 Å². The number of fused-ring (bicyclic) bond motifs is 1. The maximum Gasteiger partial charge on any atom is 0.328 e. The molecule has 1 saturated heterocycles. The number of imidazole rings is 1. The Morgan fingerprint density at radius 1 is 1.36 bits per heavy atom. The van der Waals surface area contributed by atoms with Gasteiger partial charge in [-0.1, -0.05) is 12.1 Å². The van der Waals surface area contributed by atoms with Gasteiger partial charge in [0, 0.05) is 32.6 Å². The lowest BCUT2D eigenvalue weighted by Crippen LogP contribution is -2.37. The first-order chi connectivity index (χ1) is 10.7. The second-order valence-electron chi connectivity index (χ2n) is 5.83. The van der Waals surface area contributed by atoms with Crippen molar-refractivity contribution in [2.24, 2.45) is 7.05 Å². The van der Waals surface area contributed by atoms with Crippen LogP contribution in [0.2, 0.25) is 0 Å². The Kier molecular flexibility index (Phi) is 4.29. The van der Waals surface area contributed by atoms with Crippen LogP contribution in [0, 0.1) is 0 Å². The Morgan fingerprint density at radius 2 is 2.14 bits per heavy atom. The SMILES string of the molecule is Cn1c(=O)n(CCC(=O)NCC2CCCN2)c2ccccc21. The third-order valence-corrected chi connectivity index (χ3v) is 4.32. The summed E-state index contributed by atoms with van der Waals surface area (Å²) in [6.07, 6.45) is 2.61. The molecule has 0 aliphatic carbocycles. The van der Waals surface area contributed by atoms with Gasteiger partial charge in [0.1, 0.15) is 0 Å². The number of carbonyl (C=O) groups is 1. The summed E-state index contributed by atoms with van der Waals surface area (Å²) in [6, 6.07) is 8.04. The van der Waals surface area contributed by atoms with Crippen molar-refractivity contribution in [3.8, 4) is 0 Å². The molecule has 118 valence electrons. The van der Waals surface area contributed by atoms with Crippen LogP contribution in [0.4, 0.5) is 0 Å². The van der Waals surface area contributed by atoms with Gasteiger partial charge in [0.05, 0.1) is 11.0 Å². The van der Waals surface area contributed by atoms with Crippen molar-refractivity contribution in [3.05, 3.63) is 34.7 Å². The zero-order chi connectivity index (χ0) is 15.5. The van der Waals surface area contributed by atoms with E-state index in [9.17, 15) is 9.59 Å². The monoisotopic (exact) mass is 302 g/mol. The van der Waals surface area contributed by atoms with Gasteiger partial charge in [-0.3, -0.25) is 13.9 Å². The highest BCUT2D eigenvalue weighted by Crippen LogP contribution is 2.11. The van der Waals surface area contributed by atoms with Crippen molar-refractivity contribution < 1.29 is 4.79 Å². The van der Waals surface area contributed by atoms with Crippen LogP contribution >= 0.6 is 0 Å². The number of amides is 1. The van der Waals surface area contributed by atoms with E-state index in [1.807, 2.05) is 24.3 Å².